The van der Waals surface area contributed by atoms with Crippen LogP contribution in [-0.2, 0) is 9.59 Å². The molecule has 0 amide bonds. The van der Waals surface area contributed by atoms with Gasteiger partial charge in [-0.2, -0.15) is 0 Å². The predicted molar refractivity (Wildman–Crippen MR) is 118 cm³/mol. The number of ether oxygens (including phenoxy) is 2. The normalized spacial score (nSPS) is 26.3. The number of carbonyl (C=O) groups excluding carboxylic acids is 2. The Hall–Kier alpha value is -2.62. The molecule has 0 radical (unpaired) electrons. The summed E-state index contributed by atoms with van der Waals surface area (Å²) >= 11 is 0. The van der Waals surface area contributed by atoms with Crippen LogP contribution in [0.25, 0.3) is 6.08 Å². The maximum atomic E-state index is 13.6. The number of ketones is 2. The van der Waals surface area contributed by atoms with Gasteiger partial charge in [0, 0.05) is 16.7 Å². The van der Waals surface area contributed by atoms with Crippen molar-refractivity contribution in [2.75, 3.05) is 0 Å². The lowest BCUT2D eigenvalue weighted by Gasteiger charge is -2.36. The van der Waals surface area contributed by atoms with Gasteiger partial charge >= 0.3 is 0 Å². The topological polar surface area (TPSA) is 52.6 Å². The Balaban J connectivity index is 2.04. The van der Waals surface area contributed by atoms with E-state index in [0.29, 0.717) is 11.1 Å². The molecular weight excluding hydrogens is 376 g/mol. The summed E-state index contributed by atoms with van der Waals surface area (Å²) in [5.74, 6) is 1.09. The summed E-state index contributed by atoms with van der Waals surface area (Å²) in [7, 11) is 0. The first-order valence-corrected chi connectivity index (χ1v) is 10.5. The molecule has 1 aliphatic carbocycles. The lowest BCUT2D eigenvalue weighted by Crippen LogP contribution is -2.51. The van der Waals surface area contributed by atoms with Crippen LogP contribution in [0.4, 0.5) is 0 Å². The van der Waals surface area contributed by atoms with E-state index in [2.05, 4.69) is 12.2 Å². The number of rotatable bonds is 1. The molecule has 4 nitrogen and oxygen atoms in total. The Kier molecular flexibility index (Phi) is 4.43. The van der Waals surface area contributed by atoms with Crippen LogP contribution in [-0.4, -0.2) is 22.8 Å². The minimum Gasteiger partial charge on any atom is -0.483 e. The summed E-state index contributed by atoms with van der Waals surface area (Å²) in [5.41, 5.74) is 4.36. The fraction of sp³-hybridized carbons (Fsp3) is 0.462. The highest BCUT2D eigenvalue weighted by molar-refractivity contribution is 6.16. The fourth-order valence-electron chi connectivity index (χ4n) is 4.82. The molecule has 0 aromatic heterocycles. The van der Waals surface area contributed by atoms with Gasteiger partial charge in [0.05, 0.1) is 12.3 Å². The second kappa shape index (κ2) is 6.44. The Bertz CT molecular complexity index is 1090. The van der Waals surface area contributed by atoms with Crippen molar-refractivity contribution in [3.8, 4) is 11.5 Å². The van der Waals surface area contributed by atoms with Crippen LogP contribution in [0.3, 0.4) is 0 Å². The van der Waals surface area contributed by atoms with Crippen molar-refractivity contribution in [3.63, 3.8) is 0 Å². The summed E-state index contributed by atoms with van der Waals surface area (Å²) < 4.78 is 12.9. The number of carbonyl (C=O) groups is 2. The second-order valence-corrected chi connectivity index (χ2v) is 9.67. The molecule has 4 rings (SSSR count). The van der Waals surface area contributed by atoms with Gasteiger partial charge in [0.25, 0.3) is 0 Å². The first kappa shape index (κ1) is 20.6. The van der Waals surface area contributed by atoms with Crippen LogP contribution in [0.5, 0.6) is 11.5 Å². The molecule has 0 fully saturated rings. The SMILES string of the molecule is CC(C)=CC1c2c3c(c(C)c(C)c2OC12CC(=O)C(C)=C(C)C2=O)OC(C)(C)C=C3. The van der Waals surface area contributed by atoms with Crippen LogP contribution in [0.1, 0.15) is 76.1 Å². The summed E-state index contributed by atoms with van der Waals surface area (Å²) in [6, 6.07) is 0. The van der Waals surface area contributed by atoms with Crippen molar-refractivity contribution in [1.29, 1.82) is 0 Å². The van der Waals surface area contributed by atoms with E-state index in [4.69, 9.17) is 9.47 Å². The first-order chi connectivity index (χ1) is 13.9. The predicted octanol–water partition coefficient (Wildman–Crippen LogP) is 5.55. The van der Waals surface area contributed by atoms with E-state index in [9.17, 15) is 9.59 Å². The van der Waals surface area contributed by atoms with E-state index >= 15 is 0 Å². The first-order valence-electron chi connectivity index (χ1n) is 10.5. The quantitative estimate of drug-likeness (QED) is 0.574. The highest BCUT2D eigenvalue weighted by atomic mass is 16.5. The molecule has 0 N–H and O–H groups in total. The number of allylic oxidation sites excluding steroid dienone is 2. The van der Waals surface area contributed by atoms with E-state index in [0.717, 1.165) is 39.3 Å². The Morgan fingerprint density at radius 1 is 1.00 bits per heavy atom. The second-order valence-electron chi connectivity index (χ2n) is 9.67. The van der Waals surface area contributed by atoms with Crippen LogP contribution < -0.4 is 9.47 Å². The highest BCUT2D eigenvalue weighted by Gasteiger charge is 2.58. The van der Waals surface area contributed by atoms with Gasteiger partial charge in [-0.1, -0.05) is 17.7 Å². The molecule has 0 saturated heterocycles. The zero-order chi connectivity index (χ0) is 22.2. The van der Waals surface area contributed by atoms with Gasteiger partial charge in [0.15, 0.2) is 11.4 Å². The molecule has 2 unspecified atom stereocenters. The summed E-state index contributed by atoms with van der Waals surface area (Å²) in [6.07, 6.45) is 6.26. The smallest absolute Gasteiger partial charge is 0.203 e. The molecule has 1 aromatic rings. The Morgan fingerprint density at radius 2 is 1.63 bits per heavy atom. The Labute approximate surface area is 178 Å². The summed E-state index contributed by atoms with van der Waals surface area (Å²) in [6.45, 7) is 15.6. The summed E-state index contributed by atoms with van der Waals surface area (Å²) in [5, 5.41) is 0. The van der Waals surface area contributed by atoms with Crippen molar-refractivity contribution in [2.24, 2.45) is 0 Å². The Morgan fingerprint density at radius 3 is 2.27 bits per heavy atom. The van der Waals surface area contributed by atoms with Crippen LogP contribution >= 0.6 is 0 Å². The lowest BCUT2D eigenvalue weighted by atomic mass is 9.69. The maximum absolute atomic E-state index is 13.6. The van der Waals surface area contributed by atoms with Gasteiger partial charge in [-0.15, -0.1) is 0 Å². The van der Waals surface area contributed by atoms with Crippen molar-refractivity contribution >= 4 is 17.6 Å². The van der Waals surface area contributed by atoms with Gasteiger partial charge in [0.2, 0.25) is 5.78 Å². The molecule has 0 saturated carbocycles. The average molecular weight is 407 g/mol. The van der Waals surface area contributed by atoms with Crippen LogP contribution in [0.15, 0.2) is 28.9 Å². The van der Waals surface area contributed by atoms with E-state index in [-0.39, 0.29) is 23.9 Å². The van der Waals surface area contributed by atoms with E-state index in [1.807, 2.05) is 47.6 Å². The van der Waals surface area contributed by atoms with Crippen molar-refractivity contribution in [1.82, 2.24) is 0 Å². The van der Waals surface area contributed by atoms with E-state index < -0.39 is 11.2 Å². The molecule has 2 atom stereocenters. The van der Waals surface area contributed by atoms with Crippen LogP contribution in [0.2, 0.25) is 0 Å². The number of hydrogen-bond acceptors (Lipinski definition) is 4. The third-order valence-corrected chi connectivity index (χ3v) is 6.77. The molecule has 0 bridgehead atoms. The van der Waals surface area contributed by atoms with Crippen molar-refractivity contribution in [3.05, 3.63) is 51.1 Å². The van der Waals surface area contributed by atoms with E-state index in [1.54, 1.807) is 13.8 Å². The van der Waals surface area contributed by atoms with E-state index in [1.165, 1.54) is 0 Å². The third kappa shape index (κ3) is 2.73. The van der Waals surface area contributed by atoms with Crippen LogP contribution in [0, 0.1) is 13.8 Å². The van der Waals surface area contributed by atoms with Gasteiger partial charge in [-0.05, 0) is 78.2 Å². The summed E-state index contributed by atoms with van der Waals surface area (Å²) in [4.78, 5) is 26.5. The van der Waals surface area contributed by atoms with Crippen molar-refractivity contribution < 1.29 is 19.1 Å². The minimum atomic E-state index is -1.23. The maximum Gasteiger partial charge on any atom is 0.203 e. The van der Waals surface area contributed by atoms with Gasteiger partial charge in [-0.25, -0.2) is 0 Å². The molecule has 3 aliphatic rings. The molecule has 4 heteroatoms. The standard InChI is InChI=1S/C26H30O4/c1-13(2)11-19-21-18-9-10-25(7,8)29-22(18)15(4)16(5)23(21)30-26(19)12-20(27)14(3)17(6)24(26)28/h9-11,19H,12H2,1-8H3. The largest absolute Gasteiger partial charge is 0.483 e. The number of Topliss-reactive ketones (excluding diaryl/α,β-unsaturated/α-hetero) is 2. The average Bonchev–Trinajstić information content (AvgIpc) is 2.97. The monoisotopic (exact) mass is 406 g/mol. The molecule has 1 aromatic carbocycles. The lowest BCUT2D eigenvalue weighted by molar-refractivity contribution is -0.137. The molecule has 30 heavy (non-hydrogen) atoms. The number of benzene rings is 1. The third-order valence-electron chi connectivity index (χ3n) is 6.77. The zero-order valence-electron chi connectivity index (χ0n) is 19.1. The van der Waals surface area contributed by atoms with Gasteiger partial charge in [-0.3, -0.25) is 9.59 Å². The fourth-order valence-corrected chi connectivity index (χ4v) is 4.82. The molecule has 2 heterocycles. The molecular formula is C26H30O4. The number of hydrogen-bond donors (Lipinski definition) is 0. The van der Waals surface area contributed by atoms with Crippen molar-refractivity contribution in [2.45, 2.75) is 78.9 Å². The van der Waals surface area contributed by atoms with Gasteiger partial charge in [0.1, 0.15) is 17.1 Å². The molecule has 158 valence electrons. The minimum absolute atomic E-state index is 0.0248. The molecule has 2 aliphatic heterocycles. The van der Waals surface area contributed by atoms with Gasteiger partial charge < -0.3 is 9.47 Å². The zero-order valence-corrected chi connectivity index (χ0v) is 19.1. The number of fused-ring (bicyclic) bond motifs is 3. The molecule has 1 spiro atoms. The highest BCUT2D eigenvalue weighted by Crippen LogP contribution is 2.57.